The third kappa shape index (κ3) is 5.84. The largest absolute Gasteiger partial charge is 0.299 e. The normalized spacial score (nSPS) is 12.4. The lowest BCUT2D eigenvalue weighted by Crippen LogP contribution is -2.47. The molecule has 2 aromatic rings. The van der Waals surface area contributed by atoms with Crippen molar-refractivity contribution in [2.75, 3.05) is 21.6 Å². The highest BCUT2D eigenvalue weighted by Gasteiger charge is 2.32. The molecule has 2 rings (SSSR count). The zero-order valence-corrected chi connectivity index (χ0v) is 19.0. The topological polar surface area (TPSA) is 92.3 Å². The molecule has 0 spiro atoms. The van der Waals surface area contributed by atoms with Crippen molar-refractivity contribution in [1.82, 2.24) is 10.2 Å². The van der Waals surface area contributed by atoms with Gasteiger partial charge < -0.3 is 0 Å². The average Bonchev–Trinajstić information content (AvgIpc) is 3.06. The predicted octanol–water partition coefficient (Wildman–Crippen LogP) is 4.31. The number of hydrogen-bond acceptors (Lipinski definition) is 7. The Morgan fingerprint density at radius 3 is 2.68 bits per heavy atom. The number of halogens is 2. The van der Waals surface area contributed by atoms with Gasteiger partial charge in [-0.2, -0.15) is 0 Å². The third-order valence-corrected chi connectivity index (χ3v) is 7.34. The van der Waals surface area contributed by atoms with Crippen molar-refractivity contribution in [2.24, 2.45) is 0 Å². The maximum Gasteiger partial charge on any atom is 0.250 e. The number of carbonyl (C=O) groups is 1. The zero-order chi connectivity index (χ0) is 20.9. The van der Waals surface area contributed by atoms with Gasteiger partial charge in [-0.3, -0.25) is 14.4 Å². The third-order valence-electron chi connectivity index (χ3n) is 3.45. The molecule has 28 heavy (non-hydrogen) atoms. The molecule has 7 nitrogen and oxygen atoms in total. The Morgan fingerprint density at radius 1 is 1.39 bits per heavy atom. The first-order chi connectivity index (χ1) is 13.2. The Balaban J connectivity index is 2.29. The predicted molar refractivity (Wildman–Crippen MR) is 117 cm³/mol. The highest BCUT2D eigenvalue weighted by atomic mass is 35.5. The van der Waals surface area contributed by atoms with Gasteiger partial charge in [-0.15, -0.1) is 16.8 Å². The van der Waals surface area contributed by atoms with E-state index in [0.29, 0.717) is 10.1 Å². The summed E-state index contributed by atoms with van der Waals surface area (Å²) in [6, 6.07) is 3.40. The monoisotopic (exact) mass is 480 g/mol. The average molecular weight is 481 g/mol. The van der Waals surface area contributed by atoms with Gasteiger partial charge in [0.15, 0.2) is 4.34 Å². The Morgan fingerprint density at radius 2 is 2.11 bits per heavy atom. The summed E-state index contributed by atoms with van der Waals surface area (Å²) >= 11 is 14.6. The maximum absolute atomic E-state index is 12.8. The van der Waals surface area contributed by atoms with Gasteiger partial charge in [0.25, 0.3) is 0 Å². The van der Waals surface area contributed by atoms with Gasteiger partial charge in [0.2, 0.25) is 21.1 Å². The lowest BCUT2D eigenvalue weighted by Gasteiger charge is -2.30. The van der Waals surface area contributed by atoms with Crippen LogP contribution >= 0.6 is 46.3 Å². The first kappa shape index (κ1) is 23.0. The van der Waals surface area contributed by atoms with Crippen LogP contribution in [0, 0.1) is 0 Å². The molecule has 0 saturated carbocycles. The molecule has 1 N–H and O–H groups in total. The molecule has 0 aliphatic heterocycles. The molecular formula is C16H18Cl2N4O3S3. The number of rotatable bonds is 9. The SMILES string of the molecule is C=CCSc1nnc(NC(=O)[C@@H](CC)N(c2ccc(Cl)c(Cl)c2)S(C)(=O)=O)s1. The summed E-state index contributed by atoms with van der Waals surface area (Å²) in [6.07, 6.45) is 3.00. The van der Waals surface area contributed by atoms with Crippen molar-refractivity contribution in [2.45, 2.75) is 23.7 Å². The number of benzene rings is 1. The fourth-order valence-electron chi connectivity index (χ4n) is 2.32. The molecule has 1 aromatic heterocycles. The standard InChI is InChI=1S/C16H18Cl2N4O3S3/c1-4-8-26-16-21-20-15(27-16)19-14(23)13(5-2)22(28(3,24)25)10-6-7-11(17)12(18)9-10/h4,6-7,9,13H,1,5,8H2,2-3H3,(H,19,20,23)/t13-/m1/s1. The molecule has 0 radical (unpaired) electrons. The van der Waals surface area contributed by atoms with E-state index >= 15 is 0 Å². The van der Waals surface area contributed by atoms with Crippen LogP contribution in [0.3, 0.4) is 0 Å². The molecule has 0 saturated heterocycles. The van der Waals surface area contributed by atoms with Crippen molar-refractivity contribution in [3.8, 4) is 0 Å². The van der Waals surface area contributed by atoms with Crippen LogP contribution in [0.1, 0.15) is 13.3 Å². The van der Waals surface area contributed by atoms with Crippen molar-refractivity contribution in [1.29, 1.82) is 0 Å². The van der Waals surface area contributed by atoms with Crippen LogP contribution in [0.4, 0.5) is 10.8 Å². The van der Waals surface area contributed by atoms with E-state index in [1.807, 2.05) is 0 Å². The van der Waals surface area contributed by atoms with Crippen molar-refractivity contribution >= 4 is 73.0 Å². The first-order valence-electron chi connectivity index (χ1n) is 7.99. The van der Waals surface area contributed by atoms with Gasteiger partial charge in [-0.1, -0.05) is 59.3 Å². The summed E-state index contributed by atoms with van der Waals surface area (Å²) in [5, 5.41) is 11.3. The summed E-state index contributed by atoms with van der Waals surface area (Å²) in [6.45, 7) is 5.35. The van der Waals surface area contributed by atoms with Gasteiger partial charge in [0.1, 0.15) is 6.04 Å². The van der Waals surface area contributed by atoms with Crippen LogP contribution in [0.25, 0.3) is 0 Å². The highest BCUT2D eigenvalue weighted by molar-refractivity contribution is 8.01. The molecule has 1 atom stereocenters. The van der Waals surface area contributed by atoms with Crippen LogP contribution in [0.2, 0.25) is 10.0 Å². The van der Waals surface area contributed by atoms with E-state index in [-0.39, 0.29) is 27.3 Å². The molecule has 152 valence electrons. The number of aromatic nitrogens is 2. The summed E-state index contributed by atoms with van der Waals surface area (Å²) < 4.78 is 26.6. The number of anilines is 2. The molecule has 0 bridgehead atoms. The number of carbonyl (C=O) groups excluding carboxylic acids is 1. The van der Waals surface area contributed by atoms with Crippen LogP contribution < -0.4 is 9.62 Å². The lowest BCUT2D eigenvalue weighted by atomic mass is 10.2. The van der Waals surface area contributed by atoms with E-state index in [9.17, 15) is 13.2 Å². The minimum absolute atomic E-state index is 0.191. The van der Waals surface area contributed by atoms with Crippen molar-refractivity contribution < 1.29 is 13.2 Å². The van der Waals surface area contributed by atoms with Crippen molar-refractivity contribution in [3.05, 3.63) is 40.9 Å². The van der Waals surface area contributed by atoms with E-state index < -0.39 is 22.0 Å². The Kier molecular flexibility index (Phi) is 8.14. The molecule has 1 heterocycles. The highest BCUT2D eigenvalue weighted by Crippen LogP contribution is 2.31. The summed E-state index contributed by atoms with van der Waals surface area (Å²) in [4.78, 5) is 12.8. The number of nitrogens with one attached hydrogen (secondary N) is 1. The van der Waals surface area contributed by atoms with Gasteiger partial charge in [-0.25, -0.2) is 8.42 Å². The summed E-state index contributed by atoms with van der Waals surface area (Å²) in [5.74, 6) is 0.148. The second-order valence-electron chi connectivity index (χ2n) is 5.54. The molecule has 1 amide bonds. The summed E-state index contributed by atoms with van der Waals surface area (Å²) in [5.41, 5.74) is 0.249. The molecule has 1 aromatic carbocycles. The number of nitrogens with zero attached hydrogens (tertiary/aromatic N) is 3. The maximum atomic E-state index is 12.8. The fraction of sp³-hybridized carbons (Fsp3) is 0.312. The molecule has 12 heteroatoms. The van der Waals surface area contributed by atoms with Gasteiger partial charge >= 0.3 is 0 Å². The fourth-order valence-corrected chi connectivity index (χ4v) is 5.33. The van der Waals surface area contributed by atoms with E-state index in [4.69, 9.17) is 23.2 Å². The number of thioether (sulfide) groups is 1. The number of sulfonamides is 1. The minimum atomic E-state index is -3.78. The molecule has 0 aliphatic rings. The van der Waals surface area contributed by atoms with Gasteiger partial charge in [0, 0.05) is 5.75 Å². The van der Waals surface area contributed by atoms with Gasteiger partial charge in [0.05, 0.1) is 22.0 Å². The Labute approximate surface area is 182 Å². The van der Waals surface area contributed by atoms with Crippen LogP contribution in [-0.2, 0) is 14.8 Å². The lowest BCUT2D eigenvalue weighted by molar-refractivity contribution is -0.117. The van der Waals surface area contributed by atoms with Crippen LogP contribution in [0.15, 0.2) is 35.2 Å². The Hall–Kier alpha value is -1.33. The second kappa shape index (κ2) is 9.93. The van der Waals surface area contributed by atoms with E-state index in [2.05, 4.69) is 22.1 Å². The first-order valence-corrected chi connectivity index (χ1v) is 12.4. The smallest absolute Gasteiger partial charge is 0.250 e. The second-order valence-corrected chi connectivity index (χ2v) is 10.5. The van der Waals surface area contributed by atoms with Crippen LogP contribution in [0.5, 0.6) is 0 Å². The van der Waals surface area contributed by atoms with Crippen LogP contribution in [-0.4, -0.2) is 42.6 Å². The minimum Gasteiger partial charge on any atom is -0.299 e. The van der Waals surface area contributed by atoms with E-state index in [1.165, 1.54) is 41.3 Å². The Bertz CT molecular complexity index is 966. The number of hydrogen-bond donors (Lipinski definition) is 1. The molecular weight excluding hydrogens is 463 g/mol. The van der Waals surface area contributed by atoms with Gasteiger partial charge in [-0.05, 0) is 24.6 Å². The van der Waals surface area contributed by atoms with E-state index in [1.54, 1.807) is 13.0 Å². The van der Waals surface area contributed by atoms with Crippen molar-refractivity contribution in [3.63, 3.8) is 0 Å². The molecule has 0 aliphatic carbocycles. The van der Waals surface area contributed by atoms with E-state index in [0.717, 1.165) is 10.6 Å². The summed E-state index contributed by atoms with van der Waals surface area (Å²) in [7, 11) is -3.78. The molecule has 0 fully saturated rings. The zero-order valence-electron chi connectivity index (χ0n) is 15.1. The number of amides is 1. The molecule has 0 unspecified atom stereocenters. The quantitative estimate of drug-likeness (QED) is 0.326.